The predicted octanol–water partition coefficient (Wildman–Crippen LogP) is -0.157. The highest BCUT2D eigenvalue weighted by Crippen LogP contribution is 2.31. The van der Waals surface area contributed by atoms with Gasteiger partial charge < -0.3 is 19.9 Å². The van der Waals surface area contributed by atoms with Gasteiger partial charge in [-0.3, -0.25) is 14.5 Å². The molecule has 2 aliphatic heterocycles. The molecule has 2 saturated heterocycles. The van der Waals surface area contributed by atoms with Gasteiger partial charge in [0.1, 0.15) is 4.32 Å². The number of amides is 2. The first-order valence-corrected chi connectivity index (χ1v) is 9.02. The number of aliphatic carboxylic acids is 1. The number of likely N-dealkylation sites (tertiary alicyclic amines) is 1. The highest BCUT2D eigenvalue weighted by atomic mass is 32.2. The quantitative estimate of drug-likeness (QED) is 0.564. The lowest BCUT2D eigenvalue weighted by atomic mass is 10.1. The van der Waals surface area contributed by atoms with Gasteiger partial charge in [0.15, 0.2) is 0 Å². The van der Waals surface area contributed by atoms with Crippen LogP contribution in [0, 0.1) is 0 Å². The Morgan fingerprint density at radius 2 is 2.00 bits per heavy atom. The molecule has 0 aromatic heterocycles. The maximum Gasteiger partial charge on any atom is 0.265 e. The average molecular weight is 391 g/mol. The van der Waals surface area contributed by atoms with Crippen LogP contribution >= 0.6 is 24.0 Å². The summed E-state index contributed by atoms with van der Waals surface area (Å²) in [4.78, 5) is 38.7. The molecule has 2 amide bonds. The topological polar surface area (TPSA) is 101 Å². The molecule has 2 aliphatic rings. The van der Waals surface area contributed by atoms with Gasteiger partial charge in [0.2, 0.25) is 0 Å². The van der Waals surface area contributed by atoms with Crippen molar-refractivity contribution in [2.24, 2.45) is 0 Å². The van der Waals surface area contributed by atoms with E-state index >= 15 is 0 Å². The van der Waals surface area contributed by atoms with E-state index in [1.165, 1.54) is 16.7 Å². The predicted molar refractivity (Wildman–Crippen MR) is 97.8 cm³/mol. The van der Waals surface area contributed by atoms with E-state index < -0.39 is 24.0 Å². The minimum absolute atomic E-state index is 0.0367. The van der Waals surface area contributed by atoms with Crippen LogP contribution in [0.3, 0.4) is 0 Å². The van der Waals surface area contributed by atoms with Crippen molar-refractivity contribution in [3.05, 3.63) is 40.3 Å². The van der Waals surface area contributed by atoms with Crippen LogP contribution in [0.2, 0.25) is 0 Å². The van der Waals surface area contributed by atoms with Gasteiger partial charge in [0, 0.05) is 25.6 Å². The zero-order chi connectivity index (χ0) is 19.0. The molecule has 9 heteroatoms. The van der Waals surface area contributed by atoms with Crippen molar-refractivity contribution in [1.82, 2.24) is 9.80 Å². The molecule has 2 heterocycles. The summed E-state index contributed by atoms with van der Waals surface area (Å²) in [7, 11) is 1.61. The highest BCUT2D eigenvalue weighted by molar-refractivity contribution is 8.26. The molecule has 0 aliphatic carbocycles. The standard InChI is InChI=1S/C17H16N2O5S2/c1-18-15(22)13(26-17(18)25)6-9-2-4-10(5-3-9)14(21)19-8-11(20)7-12(19)16(23)24/h2-6,11-12,20H,7-8H2,1H3,(H,23,24)/p-1/b13-6+/t11-,12-/m0/s1. The molecule has 7 nitrogen and oxygen atoms in total. The lowest BCUT2D eigenvalue weighted by Gasteiger charge is -2.25. The molecule has 0 saturated carbocycles. The first kappa shape index (κ1) is 18.6. The van der Waals surface area contributed by atoms with Crippen LogP contribution in [0.1, 0.15) is 22.3 Å². The minimum Gasteiger partial charge on any atom is -0.548 e. The second-order valence-corrected chi connectivity index (χ2v) is 7.72. The number of rotatable bonds is 3. The van der Waals surface area contributed by atoms with Gasteiger partial charge in [-0.2, -0.15) is 0 Å². The number of thioether (sulfide) groups is 1. The Hall–Kier alpha value is -2.23. The third-order valence-corrected chi connectivity index (χ3v) is 5.74. The molecule has 1 N–H and O–H groups in total. The van der Waals surface area contributed by atoms with Gasteiger partial charge in [-0.25, -0.2) is 0 Å². The maximum atomic E-state index is 12.5. The number of aliphatic hydroxyl groups is 1. The smallest absolute Gasteiger partial charge is 0.265 e. The maximum absolute atomic E-state index is 12.5. The number of nitrogens with zero attached hydrogens (tertiary/aromatic N) is 2. The Balaban J connectivity index is 1.78. The largest absolute Gasteiger partial charge is 0.548 e. The van der Waals surface area contributed by atoms with Crippen LogP contribution in [-0.4, -0.2) is 62.7 Å². The second-order valence-electron chi connectivity index (χ2n) is 6.04. The molecule has 26 heavy (non-hydrogen) atoms. The average Bonchev–Trinajstić information content (AvgIpc) is 3.11. The Kier molecular flexibility index (Phi) is 5.12. The van der Waals surface area contributed by atoms with Crippen molar-refractivity contribution in [3.63, 3.8) is 0 Å². The summed E-state index contributed by atoms with van der Waals surface area (Å²) >= 11 is 6.28. The molecule has 2 atom stereocenters. The monoisotopic (exact) mass is 391 g/mol. The number of hydrogen-bond donors (Lipinski definition) is 1. The third-order valence-electron chi connectivity index (χ3n) is 4.25. The fourth-order valence-corrected chi connectivity index (χ4v) is 4.03. The van der Waals surface area contributed by atoms with Crippen molar-refractivity contribution >= 4 is 52.2 Å². The number of carbonyl (C=O) groups is 3. The molecule has 0 bridgehead atoms. The van der Waals surface area contributed by atoms with Crippen LogP contribution in [0.25, 0.3) is 6.08 Å². The molecule has 136 valence electrons. The number of β-amino-alcohol motifs (C(OH)–C–C–N with tert-alkyl or cyclic N) is 1. The minimum atomic E-state index is -1.38. The molecule has 1 aromatic carbocycles. The summed E-state index contributed by atoms with van der Waals surface area (Å²) in [6.45, 7) is -0.0434. The fraction of sp³-hybridized carbons (Fsp3) is 0.294. The van der Waals surface area contributed by atoms with Gasteiger partial charge in [-0.15, -0.1) is 0 Å². The van der Waals surface area contributed by atoms with Crippen molar-refractivity contribution in [2.75, 3.05) is 13.6 Å². The van der Waals surface area contributed by atoms with E-state index in [0.717, 1.165) is 4.90 Å². The molecule has 0 radical (unpaired) electrons. The van der Waals surface area contributed by atoms with E-state index in [4.69, 9.17) is 12.2 Å². The number of benzene rings is 1. The summed E-state index contributed by atoms with van der Waals surface area (Å²) in [5, 5.41) is 20.8. The molecule has 0 spiro atoms. The Labute approximate surface area is 159 Å². The number of hydrogen-bond acceptors (Lipinski definition) is 7. The Morgan fingerprint density at radius 1 is 1.35 bits per heavy atom. The van der Waals surface area contributed by atoms with Crippen LogP contribution in [0.4, 0.5) is 0 Å². The van der Waals surface area contributed by atoms with Crippen LogP contribution < -0.4 is 5.11 Å². The third kappa shape index (κ3) is 3.50. The Morgan fingerprint density at radius 3 is 2.54 bits per heavy atom. The fourth-order valence-electron chi connectivity index (χ4n) is 2.85. The summed E-state index contributed by atoms with van der Waals surface area (Å²) in [6.07, 6.45) is 0.767. The van der Waals surface area contributed by atoms with Gasteiger partial charge in [-0.05, 0) is 23.8 Å². The molecular weight excluding hydrogens is 376 g/mol. The summed E-state index contributed by atoms with van der Waals surface area (Å²) in [5.74, 6) is -2.04. The zero-order valence-corrected chi connectivity index (χ0v) is 15.4. The van der Waals surface area contributed by atoms with Crippen LogP contribution in [0.5, 0.6) is 0 Å². The van der Waals surface area contributed by atoms with Gasteiger partial charge in [0.05, 0.1) is 23.0 Å². The van der Waals surface area contributed by atoms with Crippen LogP contribution in [-0.2, 0) is 9.59 Å². The van der Waals surface area contributed by atoms with E-state index in [1.807, 2.05) is 0 Å². The number of aliphatic hydroxyl groups excluding tert-OH is 1. The van der Waals surface area contributed by atoms with E-state index in [1.54, 1.807) is 37.4 Å². The van der Waals surface area contributed by atoms with Crippen molar-refractivity contribution < 1.29 is 24.6 Å². The molecule has 0 unspecified atom stereocenters. The lowest BCUT2D eigenvalue weighted by molar-refractivity contribution is -0.310. The number of carboxylic acid groups (broad SMARTS) is 1. The van der Waals surface area contributed by atoms with E-state index in [2.05, 4.69) is 0 Å². The van der Waals surface area contributed by atoms with Crippen molar-refractivity contribution in [3.8, 4) is 0 Å². The molecule has 2 fully saturated rings. The first-order valence-electron chi connectivity index (χ1n) is 7.79. The van der Waals surface area contributed by atoms with Crippen molar-refractivity contribution in [1.29, 1.82) is 0 Å². The van der Waals surface area contributed by atoms with Gasteiger partial charge >= 0.3 is 0 Å². The van der Waals surface area contributed by atoms with E-state index in [0.29, 0.717) is 20.4 Å². The summed E-state index contributed by atoms with van der Waals surface area (Å²) < 4.78 is 0.481. The van der Waals surface area contributed by atoms with Crippen LogP contribution in [0.15, 0.2) is 29.2 Å². The number of thiocarbonyl (C=S) groups is 1. The Bertz CT molecular complexity index is 821. The summed E-state index contributed by atoms with van der Waals surface area (Å²) in [6, 6.07) is 5.30. The second kappa shape index (κ2) is 7.18. The molecule has 3 rings (SSSR count). The molecular formula is C17H15N2O5S2-. The SMILES string of the molecule is CN1C(=O)/C(=C\c2ccc(C(=O)N3C[C@@H](O)C[C@H]3C(=O)[O-])cc2)SC1=S. The highest BCUT2D eigenvalue weighted by Gasteiger charge is 2.35. The molecule has 1 aromatic rings. The van der Waals surface area contributed by atoms with Gasteiger partial charge in [-0.1, -0.05) is 36.1 Å². The summed E-state index contributed by atoms with van der Waals surface area (Å²) in [5.41, 5.74) is 1.01. The van der Waals surface area contributed by atoms with Crippen molar-refractivity contribution in [2.45, 2.75) is 18.6 Å². The normalized spacial score (nSPS) is 24.6. The number of carbonyl (C=O) groups excluding carboxylic acids is 3. The van der Waals surface area contributed by atoms with E-state index in [9.17, 15) is 24.6 Å². The van der Waals surface area contributed by atoms with Gasteiger partial charge in [0.25, 0.3) is 11.8 Å². The lowest BCUT2D eigenvalue weighted by Crippen LogP contribution is -2.47. The first-order chi connectivity index (χ1) is 12.3. The zero-order valence-electron chi connectivity index (χ0n) is 13.7. The number of likely N-dealkylation sites (N-methyl/N-ethyl adjacent to an activating group) is 1. The van der Waals surface area contributed by atoms with E-state index in [-0.39, 0.29) is 18.9 Å². The number of carboxylic acids is 1.